The maximum Gasteiger partial charge on any atom is 0.337 e. The van der Waals surface area contributed by atoms with Gasteiger partial charge in [-0.1, -0.05) is 37.8 Å². The fourth-order valence-electron chi connectivity index (χ4n) is 2.20. The fraction of sp³-hybridized carbons (Fsp3) is 0.500. The lowest BCUT2D eigenvalue weighted by molar-refractivity contribution is 0.118. The molecule has 0 aliphatic rings. The first-order valence-corrected chi connectivity index (χ1v) is 9.32. The van der Waals surface area contributed by atoms with Gasteiger partial charge in [0.15, 0.2) is 0 Å². The molecular formula is C16H26O3Si. The number of ether oxygens (including phenoxy) is 1. The van der Waals surface area contributed by atoms with E-state index in [9.17, 15) is 0 Å². The summed E-state index contributed by atoms with van der Waals surface area (Å²) >= 11 is 0. The molecule has 0 fully saturated rings. The molecular weight excluding hydrogens is 268 g/mol. The Morgan fingerprint density at radius 1 is 1.25 bits per heavy atom. The van der Waals surface area contributed by atoms with Gasteiger partial charge < -0.3 is 13.6 Å². The molecule has 1 rings (SSSR count). The SMILES string of the molecule is C=Cc1cccc(COCCC[Si](CC)(OC)OC)c1. The van der Waals surface area contributed by atoms with Crippen molar-refractivity contribution in [3.05, 3.63) is 42.0 Å². The number of benzene rings is 1. The van der Waals surface area contributed by atoms with Gasteiger partial charge in [0.1, 0.15) is 0 Å². The van der Waals surface area contributed by atoms with Crippen LogP contribution in [-0.2, 0) is 20.2 Å². The van der Waals surface area contributed by atoms with Gasteiger partial charge in [0, 0.05) is 20.8 Å². The monoisotopic (exact) mass is 294 g/mol. The van der Waals surface area contributed by atoms with Crippen molar-refractivity contribution in [3.8, 4) is 0 Å². The van der Waals surface area contributed by atoms with Crippen LogP contribution in [0.4, 0.5) is 0 Å². The lowest BCUT2D eigenvalue weighted by Crippen LogP contribution is -2.39. The van der Waals surface area contributed by atoms with Crippen LogP contribution in [-0.4, -0.2) is 29.4 Å². The van der Waals surface area contributed by atoms with Crippen LogP contribution in [0.3, 0.4) is 0 Å². The molecule has 0 N–H and O–H groups in total. The highest BCUT2D eigenvalue weighted by Gasteiger charge is 2.32. The van der Waals surface area contributed by atoms with Gasteiger partial charge in [0.2, 0.25) is 0 Å². The Balaban J connectivity index is 2.29. The Morgan fingerprint density at radius 2 is 2.00 bits per heavy atom. The first-order chi connectivity index (χ1) is 9.69. The zero-order valence-electron chi connectivity index (χ0n) is 12.9. The van der Waals surface area contributed by atoms with Crippen molar-refractivity contribution in [1.82, 2.24) is 0 Å². The number of hydrogen-bond acceptors (Lipinski definition) is 3. The summed E-state index contributed by atoms with van der Waals surface area (Å²) in [6.07, 6.45) is 2.82. The van der Waals surface area contributed by atoms with Crippen LogP contribution < -0.4 is 0 Å². The minimum Gasteiger partial charge on any atom is -0.398 e. The summed E-state index contributed by atoms with van der Waals surface area (Å²) in [5.41, 5.74) is 2.31. The van der Waals surface area contributed by atoms with Gasteiger partial charge >= 0.3 is 8.56 Å². The highest BCUT2D eigenvalue weighted by molar-refractivity contribution is 6.67. The second-order valence-corrected chi connectivity index (χ2v) is 8.62. The molecule has 4 heteroatoms. The highest BCUT2D eigenvalue weighted by Crippen LogP contribution is 2.19. The molecule has 0 aliphatic heterocycles. The molecule has 0 heterocycles. The van der Waals surface area contributed by atoms with E-state index in [-0.39, 0.29) is 0 Å². The zero-order valence-corrected chi connectivity index (χ0v) is 13.9. The van der Waals surface area contributed by atoms with E-state index < -0.39 is 8.56 Å². The minimum atomic E-state index is -1.95. The molecule has 0 unspecified atom stereocenters. The lowest BCUT2D eigenvalue weighted by atomic mass is 10.1. The Hall–Kier alpha value is -0.943. The Bertz CT molecular complexity index is 394. The molecule has 3 nitrogen and oxygen atoms in total. The Kier molecular flexibility index (Phi) is 7.77. The second-order valence-electron chi connectivity index (χ2n) is 4.78. The first kappa shape index (κ1) is 17.1. The van der Waals surface area contributed by atoms with Crippen molar-refractivity contribution in [2.45, 2.75) is 32.0 Å². The van der Waals surface area contributed by atoms with Gasteiger partial charge in [0.25, 0.3) is 0 Å². The summed E-state index contributed by atoms with van der Waals surface area (Å²) < 4.78 is 16.9. The fourth-order valence-corrected chi connectivity index (χ4v) is 4.39. The van der Waals surface area contributed by atoms with Gasteiger partial charge in [-0.3, -0.25) is 0 Å². The van der Waals surface area contributed by atoms with Crippen LogP contribution in [0.5, 0.6) is 0 Å². The molecule has 1 aromatic carbocycles. The summed E-state index contributed by atoms with van der Waals surface area (Å²) in [4.78, 5) is 0. The molecule has 0 aromatic heterocycles. The molecule has 0 amide bonds. The molecule has 0 saturated carbocycles. The van der Waals surface area contributed by atoms with Crippen LogP contribution >= 0.6 is 0 Å². The first-order valence-electron chi connectivity index (χ1n) is 7.09. The topological polar surface area (TPSA) is 27.7 Å². The lowest BCUT2D eigenvalue weighted by Gasteiger charge is -2.25. The van der Waals surface area contributed by atoms with Crippen LogP contribution in [0.25, 0.3) is 6.08 Å². The van der Waals surface area contributed by atoms with Crippen LogP contribution in [0.2, 0.25) is 12.1 Å². The predicted octanol–water partition coefficient (Wildman–Crippen LogP) is 3.99. The van der Waals surface area contributed by atoms with Gasteiger partial charge in [0.05, 0.1) is 6.61 Å². The molecule has 1 aromatic rings. The van der Waals surface area contributed by atoms with Gasteiger partial charge in [-0.15, -0.1) is 0 Å². The Morgan fingerprint density at radius 3 is 2.60 bits per heavy atom. The molecule has 20 heavy (non-hydrogen) atoms. The average molecular weight is 294 g/mol. The van der Waals surface area contributed by atoms with Crippen molar-refractivity contribution >= 4 is 14.6 Å². The minimum absolute atomic E-state index is 0.641. The summed E-state index contributed by atoms with van der Waals surface area (Å²) in [6, 6.07) is 10.2. The van der Waals surface area contributed by atoms with E-state index in [1.165, 1.54) is 5.56 Å². The van der Waals surface area contributed by atoms with E-state index in [0.717, 1.165) is 30.7 Å². The molecule has 0 spiro atoms. The van der Waals surface area contributed by atoms with E-state index in [0.29, 0.717) is 6.61 Å². The Labute approximate surface area is 123 Å². The van der Waals surface area contributed by atoms with Crippen LogP contribution in [0.15, 0.2) is 30.8 Å². The van der Waals surface area contributed by atoms with Crippen LogP contribution in [0.1, 0.15) is 24.5 Å². The second kappa shape index (κ2) is 9.08. The molecule has 0 atom stereocenters. The summed E-state index contributed by atoms with van der Waals surface area (Å²) in [6.45, 7) is 7.28. The molecule has 0 bridgehead atoms. The highest BCUT2D eigenvalue weighted by atomic mass is 28.4. The molecule has 0 saturated heterocycles. The van der Waals surface area contributed by atoms with Crippen molar-refractivity contribution in [2.75, 3.05) is 20.8 Å². The molecule has 0 aliphatic carbocycles. The standard InChI is InChI=1S/C16H26O3Si/c1-5-15-9-7-10-16(13-15)14-19-11-8-12-20(6-2,17-3)18-4/h5,7,9-10,13H,1,6,8,11-12,14H2,2-4H3. The van der Waals surface area contributed by atoms with Crippen molar-refractivity contribution in [2.24, 2.45) is 0 Å². The number of hydrogen-bond donors (Lipinski definition) is 0. The van der Waals surface area contributed by atoms with E-state index in [2.05, 4.69) is 25.6 Å². The summed E-state index contributed by atoms with van der Waals surface area (Å²) in [5, 5.41) is 0. The maximum atomic E-state index is 5.72. The third kappa shape index (κ3) is 5.21. The third-order valence-electron chi connectivity index (χ3n) is 3.58. The zero-order chi connectivity index (χ0) is 14.8. The average Bonchev–Trinajstić information content (AvgIpc) is 2.52. The van der Waals surface area contributed by atoms with E-state index >= 15 is 0 Å². The summed E-state index contributed by atoms with van der Waals surface area (Å²) in [7, 11) is 1.55. The van der Waals surface area contributed by atoms with Gasteiger partial charge in [-0.2, -0.15) is 0 Å². The van der Waals surface area contributed by atoms with Crippen molar-refractivity contribution in [1.29, 1.82) is 0 Å². The predicted molar refractivity (Wildman–Crippen MR) is 85.9 cm³/mol. The maximum absolute atomic E-state index is 5.72. The van der Waals surface area contributed by atoms with E-state index in [1.54, 1.807) is 14.2 Å². The molecule has 112 valence electrons. The smallest absolute Gasteiger partial charge is 0.337 e. The number of rotatable bonds is 10. The van der Waals surface area contributed by atoms with Crippen molar-refractivity contribution in [3.63, 3.8) is 0 Å². The van der Waals surface area contributed by atoms with E-state index in [4.69, 9.17) is 13.6 Å². The van der Waals surface area contributed by atoms with Crippen molar-refractivity contribution < 1.29 is 13.6 Å². The molecule has 0 radical (unpaired) electrons. The summed E-state index contributed by atoms with van der Waals surface area (Å²) in [5.74, 6) is 0. The van der Waals surface area contributed by atoms with Crippen LogP contribution in [0, 0.1) is 0 Å². The van der Waals surface area contributed by atoms with E-state index in [1.807, 2.05) is 18.2 Å². The van der Waals surface area contributed by atoms with Gasteiger partial charge in [-0.05, 0) is 35.7 Å². The van der Waals surface area contributed by atoms with Gasteiger partial charge in [-0.25, -0.2) is 0 Å². The third-order valence-corrected chi connectivity index (χ3v) is 7.27. The normalized spacial score (nSPS) is 11.6. The quantitative estimate of drug-likeness (QED) is 0.482. The largest absolute Gasteiger partial charge is 0.398 e.